The molecule has 0 aromatic heterocycles. The molecular weight excluding hydrogens is 450 g/mol. The molecule has 0 bridgehead atoms. The molecule has 10 nitrogen and oxygen atoms in total. The fraction of sp³-hybridized carbons (Fsp3) is 0.364. The second kappa shape index (κ2) is 9.67. The molecular formula is C22H25N3O7S. The predicted octanol–water partition coefficient (Wildman–Crippen LogP) is 2.87. The van der Waals surface area contributed by atoms with Gasteiger partial charge in [-0.15, -0.1) is 0 Å². The summed E-state index contributed by atoms with van der Waals surface area (Å²) in [5.41, 5.74) is 1.09. The Balaban J connectivity index is 1.96. The second-order valence-corrected chi connectivity index (χ2v) is 9.66. The average molecular weight is 476 g/mol. The summed E-state index contributed by atoms with van der Waals surface area (Å²) in [6.45, 7) is 5.20. The van der Waals surface area contributed by atoms with Crippen molar-refractivity contribution in [2.24, 2.45) is 0 Å². The van der Waals surface area contributed by atoms with E-state index in [1.54, 1.807) is 24.8 Å². The van der Waals surface area contributed by atoms with Gasteiger partial charge >= 0.3 is 5.97 Å². The number of para-hydroxylation sites is 1. The molecule has 0 saturated heterocycles. The molecule has 1 aliphatic rings. The SMILES string of the molecule is CC(=O)N1CCc2cc(S(=O)(=O)NC(CC(=O)OC(C)C)c3ccccc3[N+](=O)[O-])ccc21. The number of ether oxygens (including phenoxy) is 1. The highest BCUT2D eigenvalue weighted by atomic mass is 32.2. The Morgan fingerprint density at radius 2 is 1.91 bits per heavy atom. The van der Waals surface area contributed by atoms with Crippen LogP contribution in [0.4, 0.5) is 11.4 Å². The van der Waals surface area contributed by atoms with Crippen LogP contribution < -0.4 is 9.62 Å². The monoisotopic (exact) mass is 475 g/mol. The second-order valence-electron chi connectivity index (χ2n) is 7.94. The van der Waals surface area contributed by atoms with Crippen LogP contribution in [-0.2, 0) is 30.8 Å². The van der Waals surface area contributed by atoms with Crippen LogP contribution in [0.15, 0.2) is 47.4 Å². The Hall–Kier alpha value is -3.31. The zero-order valence-electron chi connectivity index (χ0n) is 18.5. The minimum atomic E-state index is -4.17. The molecule has 33 heavy (non-hydrogen) atoms. The number of hydrogen-bond acceptors (Lipinski definition) is 7. The Morgan fingerprint density at radius 3 is 2.55 bits per heavy atom. The third kappa shape index (κ3) is 5.55. The zero-order chi connectivity index (χ0) is 24.3. The zero-order valence-corrected chi connectivity index (χ0v) is 19.3. The summed E-state index contributed by atoms with van der Waals surface area (Å²) >= 11 is 0. The van der Waals surface area contributed by atoms with E-state index < -0.39 is 39.5 Å². The lowest BCUT2D eigenvalue weighted by molar-refractivity contribution is -0.385. The highest BCUT2D eigenvalue weighted by molar-refractivity contribution is 7.89. The first-order chi connectivity index (χ1) is 15.5. The summed E-state index contributed by atoms with van der Waals surface area (Å²) in [7, 11) is -4.17. The number of anilines is 1. The van der Waals surface area contributed by atoms with E-state index in [1.165, 1.54) is 43.3 Å². The molecule has 0 radical (unpaired) electrons. The first-order valence-corrected chi connectivity index (χ1v) is 11.8. The van der Waals surface area contributed by atoms with Gasteiger partial charge in [-0.1, -0.05) is 18.2 Å². The molecule has 0 aliphatic carbocycles. The van der Waals surface area contributed by atoms with Crippen LogP contribution in [0.1, 0.15) is 44.4 Å². The lowest BCUT2D eigenvalue weighted by Crippen LogP contribution is -2.31. The van der Waals surface area contributed by atoms with Crippen LogP contribution >= 0.6 is 0 Å². The van der Waals surface area contributed by atoms with E-state index in [2.05, 4.69) is 4.72 Å². The molecule has 11 heteroatoms. The van der Waals surface area contributed by atoms with Gasteiger partial charge in [-0.2, -0.15) is 0 Å². The van der Waals surface area contributed by atoms with E-state index in [0.29, 0.717) is 24.2 Å². The van der Waals surface area contributed by atoms with Gasteiger partial charge in [0.25, 0.3) is 5.69 Å². The fourth-order valence-electron chi connectivity index (χ4n) is 3.77. The minimum absolute atomic E-state index is 0.0516. The van der Waals surface area contributed by atoms with Crippen molar-refractivity contribution in [3.05, 3.63) is 63.7 Å². The van der Waals surface area contributed by atoms with Crippen LogP contribution in [0.25, 0.3) is 0 Å². The Kier molecular flexibility index (Phi) is 7.13. The van der Waals surface area contributed by atoms with Crippen LogP contribution in [-0.4, -0.2) is 37.9 Å². The van der Waals surface area contributed by atoms with Crippen molar-refractivity contribution in [1.29, 1.82) is 0 Å². The van der Waals surface area contributed by atoms with E-state index in [4.69, 9.17) is 4.74 Å². The number of carbonyl (C=O) groups excluding carboxylic acids is 2. The molecule has 0 spiro atoms. The Labute approximate surface area is 191 Å². The summed E-state index contributed by atoms with van der Waals surface area (Å²) in [5.74, 6) is -0.829. The predicted molar refractivity (Wildman–Crippen MR) is 120 cm³/mol. The summed E-state index contributed by atoms with van der Waals surface area (Å²) in [4.78, 5) is 36.5. The quantitative estimate of drug-likeness (QED) is 0.352. The molecule has 1 unspecified atom stereocenters. The van der Waals surface area contributed by atoms with Gasteiger partial charge in [0.2, 0.25) is 15.9 Å². The normalized spacial score (nSPS) is 14.1. The maximum absolute atomic E-state index is 13.2. The molecule has 0 fully saturated rings. The van der Waals surface area contributed by atoms with Gasteiger partial charge in [-0.3, -0.25) is 19.7 Å². The number of nitro groups is 1. The number of nitrogens with one attached hydrogen (secondary N) is 1. The van der Waals surface area contributed by atoms with E-state index in [-0.39, 0.29) is 22.1 Å². The van der Waals surface area contributed by atoms with Crippen LogP contribution in [0.2, 0.25) is 0 Å². The lowest BCUT2D eigenvalue weighted by Gasteiger charge is -2.20. The van der Waals surface area contributed by atoms with Crippen molar-refractivity contribution in [3.8, 4) is 0 Å². The van der Waals surface area contributed by atoms with Crippen LogP contribution in [0.3, 0.4) is 0 Å². The third-order valence-corrected chi connectivity index (χ3v) is 6.65. The van der Waals surface area contributed by atoms with Gasteiger partial charge < -0.3 is 9.64 Å². The smallest absolute Gasteiger partial charge is 0.308 e. The number of fused-ring (bicyclic) bond motifs is 1. The molecule has 1 aliphatic heterocycles. The van der Waals surface area contributed by atoms with Crippen molar-refractivity contribution < 1.29 is 27.7 Å². The van der Waals surface area contributed by atoms with Crippen LogP contribution in [0, 0.1) is 10.1 Å². The van der Waals surface area contributed by atoms with Gasteiger partial charge in [0.15, 0.2) is 0 Å². The maximum atomic E-state index is 13.2. The average Bonchev–Trinajstić information content (AvgIpc) is 3.16. The van der Waals surface area contributed by atoms with Gasteiger partial charge in [-0.05, 0) is 44.0 Å². The van der Waals surface area contributed by atoms with Crippen molar-refractivity contribution in [2.75, 3.05) is 11.4 Å². The van der Waals surface area contributed by atoms with E-state index >= 15 is 0 Å². The number of sulfonamides is 1. The van der Waals surface area contributed by atoms with Crippen LogP contribution in [0.5, 0.6) is 0 Å². The Morgan fingerprint density at radius 1 is 1.21 bits per heavy atom. The first-order valence-electron chi connectivity index (χ1n) is 10.4. The van der Waals surface area contributed by atoms with E-state index in [1.807, 2.05) is 0 Å². The number of nitrogens with zero attached hydrogens (tertiary/aromatic N) is 2. The summed E-state index contributed by atoms with van der Waals surface area (Å²) < 4.78 is 34.0. The van der Waals surface area contributed by atoms with Crippen molar-refractivity contribution >= 4 is 33.3 Å². The topological polar surface area (TPSA) is 136 Å². The molecule has 1 N–H and O–H groups in total. The van der Waals surface area contributed by atoms with Gasteiger partial charge in [0, 0.05) is 30.8 Å². The standard InChI is InChI=1S/C22H25N3O7S/c1-14(2)32-22(27)13-19(18-6-4-5-7-21(18)25(28)29)23-33(30,31)17-8-9-20-16(12-17)10-11-24(20)15(3)26/h4-9,12,14,19,23H,10-11,13H2,1-3H3. The number of carbonyl (C=O) groups is 2. The molecule has 3 rings (SSSR count). The molecule has 2 aromatic rings. The Bertz CT molecular complexity index is 1190. The first kappa shape index (κ1) is 24.3. The van der Waals surface area contributed by atoms with Crippen molar-refractivity contribution in [2.45, 2.75) is 50.7 Å². The minimum Gasteiger partial charge on any atom is -0.463 e. The third-order valence-electron chi connectivity index (χ3n) is 5.18. The molecule has 2 aromatic carbocycles. The van der Waals surface area contributed by atoms with Crippen molar-refractivity contribution in [1.82, 2.24) is 4.72 Å². The van der Waals surface area contributed by atoms with Gasteiger partial charge in [0.05, 0.1) is 28.4 Å². The van der Waals surface area contributed by atoms with Gasteiger partial charge in [0.1, 0.15) is 0 Å². The highest BCUT2D eigenvalue weighted by Crippen LogP contribution is 2.32. The number of esters is 1. The van der Waals surface area contributed by atoms with E-state index in [9.17, 15) is 28.1 Å². The molecule has 176 valence electrons. The van der Waals surface area contributed by atoms with Gasteiger partial charge in [-0.25, -0.2) is 13.1 Å². The largest absolute Gasteiger partial charge is 0.463 e. The lowest BCUT2D eigenvalue weighted by atomic mass is 10.0. The summed E-state index contributed by atoms with van der Waals surface area (Å²) in [6.07, 6.45) is -0.348. The molecule has 1 atom stereocenters. The molecule has 1 amide bonds. The number of amides is 1. The van der Waals surface area contributed by atoms with E-state index in [0.717, 1.165) is 0 Å². The number of nitro benzene ring substituents is 1. The molecule has 1 heterocycles. The van der Waals surface area contributed by atoms with Crippen molar-refractivity contribution in [3.63, 3.8) is 0 Å². The number of rotatable bonds is 8. The summed E-state index contributed by atoms with van der Waals surface area (Å²) in [6, 6.07) is 8.83. The molecule has 0 saturated carbocycles. The highest BCUT2D eigenvalue weighted by Gasteiger charge is 2.31. The fourth-order valence-corrected chi connectivity index (χ4v) is 5.03. The number of hydrogen-bond donors (Lipinski definition) is 1. The summed E-state index contributed by atoms with van der Waals surface area (Å²) in [5, 5.41) is 11.5. The maximum Gasteiger partial charge on any atom is 0.308 e. The number of benzene rings is 2.